The van der Waals surface area contributed by atoms with Gasteiger partial charge in [-0.05, 0) is 38.0 Å². The number of aromatic nitrogens is 2. The van der Waals surface area contributed by atoms with Gasteiger partial charge in [-0.3, -0.25) is 14.4 Å². The first-order valence-corrected chi connectivity index (χ1v) is 11.3. The quantitative estimate of drug-likeness (QED) is 0.376. The number of terminal acetylenes is 1. The van der Waals surface area contributed by atoms with Gasteiger partial charge in [0.25, 0.3) is 11.5 Å². The van der Waals surface area contributed by atoms with Crippen LogP contribution in [0.1, 0.15) is 32.2 Å². The second-order valence-electron chi connectivity index (χ2n) is 6.97. The molecule has 0 fully saturated rings. The average Bonchev–Trinajstić information content (AvgIpc) is 3.08. The van der Waals surface area contributed by atoms with Gasteiger partial charge < -0.3 is 15.6 Å². The van der Waals surface area contributed by atoms with E-state index in [4.69, 9.17) is 6.42 Å². The molecule has 0 aliphatic rings. The topological polar surface area (TPSA) is 104 Å². The summed E-state index contributed by atoms with van der Waals surface area (Å²) in [6, 6.07) is 6.23. The first kappa shape index (κ1) is 22.6. The molecule has 2 aromatic heterocycles. The fourth-order valence-electron chi connectivity index (χ4n) is 2.94. The summed E-state index contributed by atoms with van der Waals surface area (Å²) in [4.78, 5) is 46.2. The number of H-pyrrole nitrogens is 1. The van der Waals surface area contributed by atoms with Crippen LogP contribution in [-0.2, 0) is 10.5 Å². The van der Waals surface area contributed by atoms with Crippen LogP contribution in [0.25, 0.3) is 10.2 Å². The Bertz CT molecular complexity index is 1250. The zero-order valence-corrected chi connectivity index (χ0v) is 19.1. The molecule has 3 N–H and O–H groups in total. The van der Waals surface area contributed by atoms with E-state index in [0.717, 1.165) is 21.8 Å². The molecule has 0 saturated heterocycles. The van der Waals surface area contributed by atoms with E-state index >= 15 is 0 Å². The molecule has 0 aliphatic carbocycles. The molecular weight excluding hydrogens is 432 g/mol. The molecule has 0 spiro atoms. The number of thioether (sulfide) groups is 1. The number of hydrogen-bond acceptors (Lipinski definition) is 6. The molecule has 0 atom stereocenters. The Morgan fingerprint density at radius 3 is 2.77 bits per heavy atom. The van der Waals surface area contributed by atoms with Crippen molar-refractivity contribution in [3.8, 4) is 12.3 Å². The van der Waals surface area contributed by atoms with Gasteiger partial charge in [-0.25, -0.2) is 4.98 Å². The van der Waals surface area contributed by atoms with Gasteiger partial charge in [0.1, 0.15) is 10.7 Å². The highest BCUT2D eigenvalue weighted by molar-refractivity contribution is 7.98. The molecule has 2 amide bonds. The van der Waals surface area contributed by atoms with Crippen LogP contribution in [0.2, 0.25) is 0 Å². The number of carbonyl (C=O) groups excluding carboxylic acids is 2. The third kappa shape index (κ3) is 5.34. The minimum absolute atomic E-state index is 0.0960. The van der Waals surface area contributed by atoms with E-state index < -0.39 is 5.91 Å². The molecule has 0 aliphatic heterocycles. The second kappa shape index (κ2) is 9.81. The van der Waals surface area contributed by atoms with Crippen molar-refractivity contribution in [3.05, 3.63) is 55.9 Å². The number of nitrogens with zero attached hydrogens (tertiary/aromatic N) is 1. The maximum atomic E-state index is 12.7. The zero-order valence-electron chi connectivity index (χ0n) is 17.4. The molecule has 0 saturated carbocycles. The van der Waals surface area contributed by atoms with Gasteiger partial charge in [0, 0.05) is 4.90 Å². The first-order chi connectivity index (χ1) is 14.8. The molecule has 31 heavy (non-hydrogen) atoms. The van der Waals surface area contributed by atoms with Crippen molar-refractivity contribution in [1.29, 1.82) is 0 Å². The van der Waals surface area contributed by atoms with Crippen LogP contribution in [-0.4, -0.2) is 34.9 Å². The van der Waals surface area contributed by atoms with E-state index in [1.54, 1.807) is 18.7 Å². The standard InChI is InChI=1S/C22H22N4O3S2/c1-5-8-23-17(27)10-24-21(29)19-14(4)18-20(28)25-16(26-22(18)31-19)11-30-15-9-12(2)6-7-13(15)3/h1,6-7,9H,8,10-11H2,2-4H3,(H,23,27)(H,24,29)(H,25,26,28). The van der Waals surface area contributed by atoms with Crippen molar-refractivity contribution in [2.24, 2.45) is 0 Å². The van der Waals surface area contributed by atoms with Gasteiger partial charge >= 0.3 is 0 Å². The van der Waals surface area contributed by atoms with Crippen LogP contribution >= 0.6 is 23.1 Å². The van der Waals surface area contributed by atoms with Crippen LogP contribution in [0.4, 0.5) is 0 Å². The van der Waals surface area contributed by atoms with E-state index in [1.807, 2.05) is 13.8 Å². The van der Waals surface area contributed by atoms with Gasteiger partial charge in [0.15, 0.2) is 0 Å². The number of carbonyl (C=O) groups is 2. The number of benzene rings is 1. The average molecular weight is 455 g/mol. The lowest BCUT2D eigenvalue weighted by atomic mass is 10.2. The maximum Gasteiger partial charge on any atom is 0.262 e. The highest BCUT2D eigenvalue weighted by atomic mass is 32.2. The fraction of sp³-hybridized carbons (Fsp3) is 0.273. The molecule has 2 heterocycles. The lowest BCUT2D eigenvalue weighted by molar-refractivity contribution is -0.119. The Balaban J connectivity index is 1.78. The Labute approximate surface area is 188 Å². The van der Waals surface area contributed by atoms with E-state index in [1.165, 1.54) is 5.56 Å². The molecule has 1 aromatic carbocycles. The Morgan fingerprint density at radius 2 is 2.03 bits per heavy atom. The summed E-state index contributed by atoms with van der Waals surface area (Å²) in [6.07, 6.45) is 5.09. The Morgan fingerprint density at radius 1 is 1.26 bits per heavy atom. The van der Waals surface area contributed by atoms with Crippen molar-refractivity contribution >= 4 is 45.1 Å². The van der Waals surface area contributed by atoms with E-state index in [-0.39, 0.29) is 24.6 Å². The summed E-state index contributed by atoms with van der Waals surface area (Å²) in [6.45, 7) is 5.68. The van der Waals surface area contributed by atoms with E-state index in [9.17, 15) is 14.4 Å². The summed E-state index contributed by atoms with van der Waals surface area (Å²) in [5.41, 5.74) is 2.60. The van der Waals surface area contributed by atoms with E-state index in [2.05, 4.69) is 44.7 Å². The van der Waals surface area contributed by atoms with Gasteiger partial charge in [0.2, 0.25) is 5.91 Å². The van der Waals surface area contributed by atoms with Crippen LogP contribution in [0.5, 0.6) is 0 Å². The summed E-state index contributed by atoms with van der Waals surface area (Å²) >= 11 is 2.74. The molecule has 3 rings (SSSR count). The molecule has 0 unspecified atom stereocenters. The fourth-order valence-corrected chi connectivity index (χ4v) is 5.05. The monoisotopic (exact) mass is 454 g/mol. The highest BCUT2D eigenvalue weighted by Crippen LogP contribution is 2.29. The molecule has 160 valence electrons. The van der Waals surface area contributed by atoms with Crippen molar-refractivity contribution in [2.45, 2.75) is 31.4 Å². The van der Waals surface area contributed by atoms with Crippen molar-refractivity contribution in [3.63, 3.8) is 0 Å². The number of aryl methyl sites for hydroxylation is 3. The third-order valence-electron chi connectivity index (χ3n) is 4.56. The van der Waals surface area contributed by atoms with Gasteiger partial charge in [-0.1, -0.05) is 23.6 Å². The molecule has 9 heteroatoms. The Hall–Kier alpha value is -3.09. The lowest BCUT2D eigenvalue weighted by Gasteiger charge is -2.06. The van der Waals surface area contributed by atoms with E-state index in [0.29, 0.717) is 32.2 Å². The first-order valence-electron chi connectivity index (χ1n) is 9.51. The smallest absolute Gasteiger partial charge is 0.262 e. The SMILES string of the molecule is C#CCNC(=O)CNC(=O)c1sc2nc(CSc3cc(C)ccc3C)[nH]c(=O)c2c1C. The van der Waals surface area contributed by atoms with Crippen molar-refractivity contribution < 1.29 is 9.59 Å². The zero-order chi connectivity index (χ0) is 22.5. The number of fused-ring (bicyclic) bond motifs is 1. The maximum absolute atomic E-state index is 12.7. The number of rotatable bonds is 7. The number of thiophene rings is 1. The minimum atomic E-state index is -0.429. The van der Waals surface area contributed by atoms with Crippen LogP contribution in [0.3, 0.4) is 0 Å². The van der Waals surface area contributed by atoms with Gasteiger partial charge in [0.05, 0.1) is 29.1 Å². The normalized spacial score (nSPS) is 10.6. The lowest BCUT2D eigenvalue weighted by Crippen LogP contribution is -2.36. The third-order valence-corrected chi connectivity index (χ3v) is 6.91. The molecule has 3 aromatic rings. The largest absolute Gasteiger partial charge is 0.344 e. The second-order valence-corrected chi connectivity index (χ2v) is 8.99. The minimum Gasteiger partial charge on any atom is -0.344 e. The van der Waals surface area contributed by atoms with Crippen LogP contribution < -0.4 is 16.2 Å². The summed E-state index contributed by atoms with van der Waals surface area (Å²) in [7, 11) is 0. The number of amides is 2. The molecule has 0 radical (unpaired) electrons. The van der Waals surface area contributed by atoms with Gasteiger partial charge in [-0.2, -0.15) is 0 Å². The predicted octanol–water partition coefficient (Wildman–Crippen LogP) is 2.68. The molecule has 7 nitrogen and oxygen atoms in total. The van der Waals surface area contributed by atoms with Gasteiger partial charge in [-0.15, -0.1) is 29.5 Å². The number of hydrogen-bond donors (Lipinski definition) is 3. The predicted molar refractivity (Wildman–Crippen MR) is 125 cm³/mol. The Kier molecular flexibility index (Phi) is 7.15. The summed E-state index contributed by atoms with van der Waals surface area (Å²) < 4.78 is 0. The highest BCUT2D eigenvalue weighted by Gasteiger charge is 2.20. The van der Waals surface area contributed by atoms with Crippen molar-refractivity contribution in [2.75, 3.05) is 13.1 Å². The van der Waals surface area contributed by atoms with Crippen LogP contribution in [0, 0.1) is 33.1 Å². The summed E-state index contributed by atoms with van der Waals surface area (Å²) in [5, 5.41) is 5.42. The molecular formula is C22H22N4O3S2. The number of nitrogens with one attached hydrogen (secondary N) is 3. The summed E-state index contributed by atoms with van der Waals surface area (Å²) in [5.74, 6) is 2.53. The molecule has 0 bridgehead atoms. The number of aromatic amines is 1. The van der Waals surface area contributed by atoms with Crippen LogP contribution in [0.15, 0.2) is 27.9 Å². The van der Waals surface area contributed by atoms with Crippen molar-refractivity contribution in [1.82, 2.24) is 20.6 Å².